The lowest BCUT2D eigenvalue weighted by Crippen LogP contribution is -1.94. The van der Waals surface area contributed by atoms with Crippen molar-refractivity contribution in [1.29, 1.82) is 0 Å². The second kappa shape index (κ2) is 5.21. The normalized spacial score (nSPS) is 19.2. The number of allylic oxidation sites excluding steroid dienone is 6. The first-order valence-electron chi connectivity index (χ1n) is 7.36. The molecule has 0 heteroatoms. The molecule has 0 aliphatic heterocycles. The molecule has 0 nitrogen and oxygen atoms in total. The zero-order chi connectivity index (χ0) is 15.0. The van der Waals surface area contributed by atoms with Crippen LogP contribution in [0.4, 0.5) is 0 Å². The molecule has 0 heterocycles. The highest BCUT2D eigenvalue weighted by Crippen LogP contribution is 2.48. The second-order valence-electron chi connectivity index (χ2n) is 5.63. The maximum atomic E-state index is 4.21. The van der Waals surface area contributed by atoms with Crippen molar-refractivity contribution < 1.29 is 0 Å². The van der Waals surface area contributed by atoms with E-state index in [9.17, 15) is 0 Å². The molecule has 2 aromatic rings. The molecule has 0 amide bonds. The Labute approximate surface area is 126 Å². The van der Waals surface area contributed by atoms with Crippen LogP contribution < -0.4 is 0 Å². The Morgan fingerprint density at radius 2 is 1.86 bits per heavy atom. The van der Waals surface area contributed by atoms with Gasteiger partial charge in [0.15, 0.2) is 0 Å². The van der Waals surface area contributed by atoms with Crippen LogP contribution in [-0.4, -0.2) is 0 Å². The van der Waals surface area contributed by atoms with Crippen LogP contribution in [-0.2, 0) is 0 Å². The monoisotopic (exact) mass is 272 g/mol. The molecule has 3 rings (SSSR count). The van der Waals surface area contributed by atoms with E-state index in [4.69, 9.17) is 0 Å². The predicted molar refractivity (Wildman–Crippen MR) is 93.4 cm³/mol. The summed E-state index contributed by atoms with van der Waals surface area (Å²) < 4.78 is 0. The molecule has 0 bridgehead atoms. The third-order valence-corrected chi connectivity index (χ3v) is 4.45. The summed E-state index contributed by atoms with van der Waals surface area (Å²) in [5.41, 5.74) is 6.52. The number of benzene rings is 2. The van der Waals surface area contributed by atoms with Gasteiger partial charge >= 0.3 is 0 Å². The standard InChI is InChI=1S/C21H20/c1-5-6-9-14(2)15(3)20-16(4)18-12-7-10-17-11-8-13-19(20)21(17)18/h5-13,16H,1-2H2,3-4H3. The summed E-state index contributed by atoms with van der Waals surface area (Å²) in [6, 6.07) is 13.2. The molecule has 0 saturated heterocycles. The van der Waals surface area contributed by atoms with Gasteiger partial charge in [-0.2, -0.15) is 0 Å². The van der Waals surface area contributed by atoms with Crippen LogP contribution in [0.2, 0.25) is 0 Å². The molecule has 21 heavy (non-hydrogen) atoms. The minimum atomic E-state index is 0.417. The van der Waals surface area contributed by atoms with E-state index in [1.54, 1.807) is 6.08 Å². The fraction of sp³-hybridized carbons (Fsp3) is 0.143. The van der Waals surface area contributed by atoms with Gasteiger partial charge in [0.25, 0.3) is 0 Å². The molecule has 0 saturated carbocycles. The topological polar surface area (TPSA) is 0 Å². The SMILES string of the molecule is C=CC=CC(=C)C(C)=C1c2cccc3cccc(c23)C1C. The summed E-state index contributed by atoms with van der Waals surface area (Å²) in [5.74, 6) is 0.417. The fourth-order valence-electron chi connectivity index (χ4n) is 3.35. The average molecular weight is 272 g/mol. The van der Waals surface area contributed by atoms with Gasteiger partial charge in [0.1, 0.15) is 0 Å². The highest BCUT2D eigenvalue weighted by atomic mass is 14.3. The van der Waals surface area contributed by atoms with Crippen molar-refractivity contribution in [2.75, 3.05) is 0 Å². The third-order valence-electron chi connectivity index (χ3n) is 4.45. The van der Waals surface area contributed by atoms with Crippen molar-refractivity contribution in [1.82, 2.24) is 0 Å². The zero-order valence-corrected chi connectivity index (χ0v) is 12.7. The molecule has 104 valence electrons. The van der Waals surface area contributed by atoms with Gasteiger partial charge in [-0.25, -0.2) is 0 Å². The van der Waals surface area contributed by atoms with Crippen molar-refractivity contribution in [3.05, 3.63) is 90.1 Å². The Kier molecular flexibility index (Phi) is 3.39. The first-order valence-corrected chi connectivity index (χ1v) is 7.36. The molecule has 0 aromatic heterocycles. The lowest BCUT2D eigenvalue weighted by molar-refractivity contribution is 1.02. The van der Waals surface area contributed by atoms with E-state index in [-0.39, 0.29) is 0 Å². The van der Waals surface area contributed by atoms with Crippen molar-refractivity contribution >= 4 is 16.3 Å². The Morgan fingerprint density at radius 3 is 2.57 bits per heavy atom. The van der Waals surface area contributed by atoms with E-state index in [1.165, 1.54) is 33.0 Å². The average Bonchev–Trinajstić information content (AvgIpc) is 2.79. The van der Waals surface area contributed by atoms with Gasteiger partial charge in [0, 0.05) is 5.92 Å². The van der Waals surface area contributed by atoms with Crippen LogP contribution in [0, 0.1) is 0 Å². The third kappa shape index (κ3) is 2.08. The van der Waals surface area contributed by atoms with Gasteiger partial charge in [-0.05, 0) is 45.5 Å². The van der Waals surface area contributed by atoms with Gasteiger partial charge in [-0.3, -0.25) is 0 Å². The molecule has 1 aliphatic rings. The summed E-state index contributed by atoms with van der Waals surface area (Å²) in [7, 11) is 0. The quantitative estimate of drug-likeness (QED) is 0.598. The minimum absolute atomic E-state index is 0.417. The molecule has 0 N–H and O–H groups in total. The Balaban J connectivity index is 2.24. The Morgan fingerprint density at radius 1 is 1.14 bits per heavy atom. The van der Waals surface area contributed by atoms with Crippen LogP contribution in [0.3, 0.4) is 0 Å². The minimum Gasteiger partial charge on any atom is -0.0991 e. The lowest BCUT2D eigenvalue weighted by Gasteiger charge is -2.13. The second-order valence-corrected chi connectivity index (χ2v) is 5.63. The van der Waals surface area contributed by atoms with Gasteiger partial charge in [-0.15, -0.1) is 0 Å². The molecular formula is C21H20. The number of rotatable bonds is 3. The molecule has 2 aromatic carbocycles. The van der Waals surface area contributed by atoms with Gasteiger partial charge in [0.2, 0.25) is 0 Å². The van der Waals surface area contributed by atoms with Gasteiger partial charge in [-0.1, -0.05) is 74.7 Å². The lowest BCUT2D eigenvalue weighted by atomic mass is 9.91. The summed E-state index contributed by atoms with van der Waals surface area (Å²) in [6.45, 7) is 12.4. The molecule has 0 fully saturated rings. The highest BCUT2D eigenvalue weighted by molar-refractivity contribution is 6.04. The van der Waals surface area contributed by atoms with Crippen molar-refractivity contribution in [3.8, 4) is 0 Å². The molecule has 0 spiro atoms. The zero-order valence-electron chi connectivity index (χ0n) is 12.7. The molecule has 0 radical (unpaired) electrons. The summed E-state index contributed by atoms with van der Waals surface area (Å²) in [5, 5.41) is 2.73. The first-order chi connectivity index (χ1) is 10.1. The maximum absolute atomic E-state index is 4.21. The summed E-state index contributed by atoms with van der Waals surface area (Å²) in [4.78, 5) is 0. The van der Waals surface area contributed by atoms with Crippen LogP contribution in [0.5, 0.6) is 0 Å². The van der Waals surface area contributed by atoms with Crippen molar-refractivity contribution in [2.45, 2.75) is 19.8 Å². The van der Waals surface area contributed by atoms with Crippen LogP contribution in [0.15, 0.2) is 78.9 Å². The van der Waals surface area contributed by atoms with E-state index >= 15 is 0 Å². The van der Waals surface area contributed by atoms with E-state index in [2.05, 4.69) is 63.4 Å². The molecule has 1 aliphatic carbocycles. The highest BCUT2D eigenvalue weighted by Gasteiger charge is 2.27. The molecule has 1 atom stereocenters. The van der Waals surface area contributed by atoms with Gasteiger partial charge < -0.3 is 0 Å². The smallest absolute Gasteiger partial charge is 0.00763 e. The summed E-state index contributed by atoms with van der Waals surface area (Å²) in [6.07, 6.45) is 5.77. The first kappa shape index (κ1) is 13.6. The van der Waals surface area contributed by atoms with Crippen LogP contribution in [0.25, 0.3) is 16.3 Å². The molecular weight excluding hydrogens is 252 g/mol. The fourth-order valence-corrected chi connectivity index (χ4v) is 3.35. The van der Waals surface area contributed by atoms with Crippen molar-refractivity contribution in [2.24, 2.45) is 0 Å². The molecule has 1 unspecified atom stereocenters. The van der Waals surface area contributed by atoms with E-state index in [1.807, 2.05) is 12.2 Å². The van der Waals surface area contributed by atoms with E-state index < -0.39 is 0 Å². The van der Waals surface area contributed by atoms with Crippen molar-refractivity contribution in [3.63, 3.8) is 0 Å². The van der Waals surface area contributed by atoms with Crippen LogP contribution in [0.1, 0.15) is 30.9 Å². The number of hydrogen-bond donors (Lipinski definition) is 0. The maximum Gasteiger partial charge on any atom is 0.00763 e. The van der Waals surface area contributed by atoms with Crippen LogP contribution >= 0.6 is 0 Å². The number of hydrogen-bond acceptors (Lipinski definition) is 0. The predicted octanol–water partition coefficient (Wildman–Crippen LogP) is 6.03. The Hall–Kier alpha value is -2.34. The van der Waals surface area contributed by atoms with E-state index in [0.717, 1.165) is 5.57 Å². The van der Waals surface area contributed by atoms with Gasteiger partial charge in [0.05, 0.1) is 0 Å². The summed E-state index contributed by atoms with van der Waals surface area (Å²) >= 11 is 0. The van der Waals surface area contributed by atoms with E-state index in [0.29, 0.717) is 5.92 Å². The largest absolute Gasteiger partial charge is 0.0991 e. The Bertz CT molecular complexity index is 795.